The number of hydrogen-bond donors (Lipinski definition) is 1. The van der Waals surface area contributed by atoms with Crippen LogP contribution in [-0.2, 0) is 4.79 Å². The highest BCUT2D eigenvalue weighted by Crippen LogP contribution is 2.13. The minimum absolute atomic E-state index is 0.0218. The van der Waals surface area contributed by atoms with E-state index in [1.165, 1.54) is 0 Å². The molecule has 0 aliphatic heterocycles. The number of carbonyl (C=O) groups is 1. The zero-order valence-corrected chi connectivity index (χ0v) is 6.92. The molecule has 13 heavy (non-hydrogen) atoms. The van der Waals surface area contributed by atoms with Crippen molar-refractivity contribution in [3.05, 3.63) is 29.6 Å². The average Bonchev–Trinajstić information content (AvgIpc) is 2.04. The Labute approximate surface area is 73.8 Å². The van der Waals surface area contributed by atoms with E-state index in [0.717, 1.165) is 12.3 Å². The molecule has 0 aliphatic carbocycles. The van der Waals surface area contributed by atoms with E-state index in [4.69, 9.17) is 0 Å². The lowest BCUT2D eigenvalue weighted by Crippen LogP contribution is -2.18. The summed E-state index contributed by atoms with van der Waals surface area (Å²) in [5.74, 6) is -1.50. The molecular formula is C8H8F2N2O. The lowest BCUT2D eigenvalue weighted by atomic mass is 10.2. The Balaban J connectivity index is 2.94. The van der Waals surface area contributed by atoms with E-state index in [9.17, 15) is 13.6 Å². The highest BCUT2D eigenvalue weighted by Gasteiger charge is 2.11. The smallest absolute Gasteiger partial charge is 0.207 e. The number of nitrogens with one attached hydrogen (secondary N) is 1. The highest BCUT2D eigenvalue weighted by molar-refractivity contribution is 5.47. The predicted octanol–water partition coefficient (Wildman–Crippen LogP) is 1.17. The molecule has 3 nitrogen and oxygen atoms in total. The first-order chi connectivity index (χ1) is 6.15. The first-order valence-electron chi connectivity index (χ1n) is 3.65. The van der Waals surface area contributed by atoms with Crippen LogP contribution in [0.5, 0.6) is 0 Å². The number of amides is 1. The van der Waals surface area contributed by atoms with Crippen LogP contribution in [0.25, 0.3) is 0 Å². The number of halogens is 2. The monoisotopic (exact) mass is 186 g/mol. The van der Waals surface area contributed by atoms with Crippen LogP contribution >= 0.6 is 0 Å². The minimum atomic E-state index is -0.762. The lowest BCUT2D eigenvalue weighted by Gasteiger charge is -2.09. The van der Waals surface area contributed by atoms with Crippen LogP contribution in [0.3, 0.4) is 0 Å². The summed E-state index contributed by atoms with van der Waals surface area (Å²) in [6, 6.07) is 0.170. The highest BCUT2D eigenvalue weighted by atomic mass is 19.1. The Hall–Kier alpha value is -1.52. The molecule has 0 radical (unpaired) electrons. The van der Waals surface area contributed by atoms with Gasteiger partial charge >= 0.3 is 0 Å². The topological polar surface area (TPSA) is 42.0 Å². The number of hydrogen-bond acceptors (Lipinski definition) is 2. The van der Waals surface area contributed by atoms with E-state index in [0.29, 0.717) is 6.41 Å². The number of carbonyl (C=O) groups excluding carboxylic acids is 1. The Kier molecular flexibility index (Phi) is 2.89. The molecule has 1 atom stereocenters. The fraction of sp³-hybridized carbons (Fsp3) is 0.250. The fourth-order valence-electron chi connectivity index (χ4n) is 0.925. The second-order valence-corrected chi connectivity index (χ2v) is 2.53. The van der Waals surface area contributed by atoms with Crippen molar-refractivity contribution in [2.24, 2.45) is 0 Å². The first-order valence-corrected chi connectivity index (χ1v) is 3.65. The van der Waals surface area contributed by atoms with Crippen molar-refractivity contribution in [3.63, 3.8) is 0 Å². The normalized spacial score (nSPS) is 12.2. The van der Waals surface area contributed by atoms with Crippen LogP contribution in [0.15, 0.2) is 12.3 Å². The van der Waals surface area contributed by atoms with Gasteiger partial charge < -0.3 is 5.32 Å². The van der Waals surface area contributed by atoms with Crippen molar-refractivity contribution in [1.29, 1.82) is 0 Å². The van der Waals surface area contributed by atoms with Crippen LogP contribution in [0.1, 0.15) is 18.7 Å². The van der Waals surface area contributed by atoms with Crippen molar-refractivity contribution in [2.45, 2.75) is 13.0 Å². The first kappa shape index (κ1) is 9.57. The third kappa shape index (κ3) is 2.21. The zero-order valence-electron chi connectivity index (χ0n) is 6.92. The predicted molar refractivity (Wildman–Crippen MR) is 41.8 cm³/mol. The standard InChI is InChI=1S/C8H8F2N2O/c1-5(12-4-13)8-7(10)2-6(9)3-11-8/h2-5H,1H3,(H,12,13). The van der Waals surface area contributed by atoms with Gasteiger partial charge in [-0.25, -0.2) is 8.78 Å². The summed E-state index contributed by atoms with van der Waals surface area (Å²) in [6.07, 6.45) is 1.34. The Morgan fingerprint density at radius 2 is 2.31 bits per heavy atom. The SMILES string of the molecule is CC(NC=O)c1ncc(F)cc1F. The molecular weight excluding hydrogens is 178 g/mol. The molecule has 0 saturated heterocycles. The molecule has 0 spiro atoms. The molecule has 1 rings (SSSR count). The van der Waals surface area contributed by atoms with Crippen molar-refractivity contribution in [2.75, 3.05) is 0 Å². The van der Waals surface area contributed by atoms with Crippen molar-refractivity contribution in [1.82, 2.24) is 10.3 Å². The lowest BCUT2D eigenvalue weighted by molar-refractivity contribution is -0.110. The number of pyridine rings is 1. The summed E-state index contributed by atoms with van der Waals surface area (Å²) in [7, 11) is 0. The molecule has 1 unspecified atom stereocenters. The summed E-state index contributed by atoms with van der Waals surface area (Å²) in [5.41, 5.74) is 0.0218. The van der Waals surface area contributed by atoms with Crippen LogP contribution in [0.4, 0.5) is 8.78 Å². The van der Waals surface area contributed by atoms with Gasteiger partial charge in [-0.1, -0.05) is 0 Å². The second kappa shape index (κ2) is 3.93. The van der Waals surface area contributed by atoms with Crippen molar-refractivity contribution < 1.29 is 13.6 Å². The van der Waals surface area contributed by atoms with Crippen molar-refractivity contribution >= 4 is 6.41 Å². The van der Waals surface area contributed by atoms with Gasteiger partial charge in [0.15, 0.2) is 0 Å². The Morgan fingerprint density at radius 1 is 1.62 bits per heavy atom. The van der Waals surface area contributed by atoms with Gasteiger partial charge in [0.1, 0.15) is 11.6 Å². The fourth-order valence-corrected chi connectivity index (χ4v) is 0.925. The van der Waals surface area contributed by atoms with Crippen LogP contribution in [-0.4, -0.2) is 11.4 Å². The van der Waals surface area contributed by atoms with Gasteiger partial charge in [-0.2, -0.15) is 0 Å². The maximum Gasteiger partial charge on any atom is 0.207 e. The Bertz CT molecular complexity index is 317. The third-order valence-electron chi connectivity index (χ3n) is 1.56. The summed E-state index contributed by atoms with van der Waals surface area (Å²) in [6.45, 7) is 1.55. The summed E-state index contributed by atoms with van der Waals surface area (Å²) in [5, 5.41) is 2.32. The number of rotatable bonds is 3. The van der Waals surface area contributed by atoms with Crippen LogP contribution in [0.2, 0.25) is 0 Å². The average molecular weight is 186 g/mol. The zero-order chi connectivity index (χ0) is 9.84. The summed E-state index contributed by atoms with van der Waals surface area (Å²) in [4.78, 5) is 13.6. The quantitative estimate of drug-likeness (QED) is 0.720. The van der Waals surface area contributed by atoms with E-state index >= 15 is 0 Å². The molecule has 1 aromatic rings. The van der Waals surface area contributed by atoms with Gasteiger partial charge in [-0.15, -0.1) is 0 Å². The molecule has 1 heterocycles. The maximum absolute atomic E-state index is 13.0. The van der Waals surface area contributed by atoms with E-state index in [-0.39, 0.29) is 5.69 Å². The molecule has 0 bridgehead atoms. The molecule has 1 aromatic heterocycles. The molecule has 0 saturated carbocycles. The minimum Gasteiger partial charge on any atom is -0.350 e. The second-order valence-electron chi connectivity index (χ2n) is 2.53. The van der Waals surface area contributed by atoms with Gasteiger partial charge in [0, 0.05) is 6.07 Å². The molecule has 0 fully saturated rings. The van der Waals surface area contributed by atoms with Gasteiger partial charge in [0.2, 0.25) is 6.41 Å². The Morgan fingerprint density at radius 3 is 2.85 bits per heavy atom. The summed E-state index contributed by atoms with van der Waals surface area (Å²) < 4.78 is 25.4. The van der Waals surface area contributed by atoms with Crippen LogP contribution < -0.4 is 5.32 Å². The van der Waals surface area contributed by atoms with Crippen LogP contribution in [0, 0.1) is 11.6 Å². The largest absolute Gasteiger partial charge is 0.350 e. The van der Waals surface area contributed by atoms with Gasteiger partial charge in [-0.05, 0) is 6.92 Å². The number of nitrogens with zero attached hydrogens (tertiary/aromatic N) is 1. The van der Waals surface area contributed by atoms with E-state index in [1.807, 2.05) is 0 Å². The van der Waals surface area contributed by atoms with Crippen molar-refractivity contribution in [3.8, 4) is 0 Å². The molecule has 0 aliphatic rings. The molecule has 0 aromatic carbocycles. The van der Waals surface area contributed by atoms with E-state index in [2.05, 4.69) is 10.3 Å². The third-order valence-corrected chi connectivity index (χ3v) is 1.56. The van der Waals surface area contributed by atoms with E-state index < -0.39 is 17.7 Å². The maximum atomic E-state index is 13.0. The van der Waals surface area contributed by atoms with E-state index in [1.54, 1.807) is 6.92 Å². The molecule has 1 N–H and O–H groups in total. The summed E-state index contributed by atoms with van der Waals surface area (Å²) >= 11 is 0. The number of aromatic nitrogens is 1. The van der Waals surface area contributed by atoms with Gasteiger partial charge in [-0.3, -0.25) is 9.78 Å². The molecule has 1 amide bonds. The molecule has 70 valence electrons. The van der Waals surface area contributed by atoms with Gasteiger partial charge in [0.25, 0.3) is 0 Å². The van der Waals surface area contributed by atoms with Gasteiger partial charge in [0.05, 0.1) is 17.9 Å². The molecule has 5 heteroatoms.